The largest absolute Gasteiger partial charge is 0.497 e. The average Bonchev–Trinajstić information content (AvgIpc) is 2.73. The summed E-state index contributed by atoms with van der Waals surface area (Å²) < 4.78 is 5.27. The number of rotatable bonds is 2. The maximum atomic E-state index is 13.1. The zero-order chi connectivity index (χ0) is 22.1. The monoisotopic (exact) mass is 421 g/mol. The van der Waals surface area contributed by atoms with Crippen molar-refractivity contribution in [1.82, 2.24) is 4.90 Å². The number of hydrogen-bond acceptors (Lipinski definition) is 4. The van der Waals surface area contributed by atoms with E-state index >= 15 is 0 Å². The second-order valence-electron chi connectivity index (χ2n) is 9.20. The van der Waals surface area contributed by atoms with Crippen molar-refractivity contribution < 1.29 is 9.53 Å². The molecule has 4 rings (SSSR count). The van der Waals surface area contributed by atoms with E-state index in [4.69, 9.17) is 9.73 Å². The summed E-state index contributed by atoms with van der Waals surface area (Å²) in [6.07, 6.45) is 1.78. The molecule has 3 N–H and O–H groups in total. The third kappa shape index (κ3) is 4.60. The molecule has 7 nitrogen and oxygen atoms in total. The van der Waals surface area contributed by atoms with Gasteiger partial charge < -0.3 is 25.6 Å². The van der Waals surface area contributed by atoms with Gasteiger partial charge >= 0.3 is 6.03 Å². The van der Waals surface area contributed by atoms with Gasteiger partial charge in [0.15, 0.2) is 0 Å². The Bertz CT molecular complexity index is 997. The number of hydrogen-bond donors (Lipinski definition) is 3. The minimum absolute atomic E-state index is 0.122. The summed E-state index contributed by atoms with van der Waals surface area (Å²) in [5, 5.41) is 10.3. The van der Waals surface area contributed by atoms with Crippen molar-refractivity contribution in [3.63, 3.8) is 0 Å². The number of ether oxygens (including phenoxy) is 1. The fraction of sp³-hybridized carbons (Fsp3) is 0.417. The number of fused-ring (bicyclic) bond motifs is 1. The van der Waals surface area contributed by atoms with Crippen molar-refractivity contribution >= 4 is 28.9 Å². The fourth-order valence-corrected chi connectivity index (χ4v) is 4.16. The molecule has 0 bridgehead atoms. The van der Waals surface area contributed by atoms with Gasteiger partial charge in [0.2, 0.25) is 0 Å². The second kappa shape index (κ2) is 8.13. The van der Waals surface area contributed by atoms with Crippen molar-refractivity contribution in [2.24, 2.45) is 4.99 Å². The van der Waals surface area contributed by atoms with Crippen molar-refractivity contribution in [2.45, 2.75) is 44.7 Å². The van der Waals surface area contributed by atoms with Crippen LogP contribution in [0.25, 0.3) is 0 Å². The molecule has 2 aliphatic rings. The Morgan fingerprint density at radius 3 is 2.68 bits per heavy atom. The number of carbonyl (C=O) groups is 1. The number of nitrogens with one attached hydrogen (secondary N) is 3. The molecule has 2 heterocycles. The third-order valence-electron chi connectivity index (χ3n) is 5.56. The van der Waals surface area contributed by atoms with E-state index in [9.17, 15) is 4.79 Å². The van der Waals surface area contributed by atoms with Crippen LogP contribution in [0, 0.1) is 0 Å². The SMILES string of the molecule is COc1cccc(NC(=O)N2CCC[C@]3(C2)Nc2ccccc2NC3=NC(C)(C)C)c1. The van der Waals surface area contributed by atoms with Crippen LogP contribution in [0.1, 0.15) is 33.6 Å². The Labute approximate surface area is 183 Å². The summed E-state index contributed by atoms with van der Waals surface area (Å²) in [7, 11) is 1.62. The van der Waals surface area contributed by atoms with Crippen LogP contribution in [0.5, 0.6) is 5.75 Å². The molecular formula is C24H31N5O2. The van der Waals surface area contributed by atoms with E-state index < -0.39 is 5.54 Å². The number of carbonyl (C=O) groups excluding carboxylic acids is 1. The molecule has 2 amide bonds. The Kier molecular flexibility index (Phi) is 5.52. The molecule has 7 heteroatoms. The van der Waals surface area contributed by atoms with E-state index in [2.05, 4.69) is 42.8 Å². The Balaban J connectivity index is 1.60. The van der Waals surface area contributed by atoms with E-state index in [-0.39, 0.29) is 11.6 Å². The smallest absolute Gasteiger partial charge is 0.321 e. The number of nitrogens with zero attached hydrogens (tertiary/aromatic N) is 2. The number of methoxy groups -OCH3 is 1. The van der Waals surface area contributed by atoms with Gasteiger partial charge in [0, 0.05) is 18.3 Å². The zero-order valence-electron chi connectivity index (χ0n) is 18.7. The number of urea groups is 1. The minimum Gasteiger partial charge on any atom is -0.497 e. The molecule has 0 aromatic heterocycles. The van der Waals surface area contributed by atoms with Gasteiger partial charge in [-0.05, 0) is 57.9 Å². The van der Waals surface area contributed by atoms with Gasteiger partial charge in [0.05, 0.1) is 30.6 Å². The number of para-hydroxylation sites is 2. The van der Waals surface area contributed by atoms with E-state index in [0.717, 1.165) is 30.1 Å². The molecule has 0 unspecified atom stereocenters. The highest BCUT2D eigenvalue weighted by atomic mass is 16.5. The highest BCUT2D eigenvalue weighted by molar-refractivity contribution is 6.10. The van der Waals surface area contributed by atoms with E-state index in [1.54, 1.807) is 7.11 Å². The normalized spacial score (nSPS) is 21.8. The summed E-state index contributed by atoms with van der Waals surface area (Å²) in [5.41, 5.74) is 2.06. The number of anilines is 3. The number of likely N-dealkylation sites (tertiary alicyclic amines) is 1. The molecule has 1 atom stereocenters. The van der Waals surface area contributed by atoms with Crippen LogP contribution in [0.3, 0.4) is 0 Å². The fourth-order valence-electron chi connectivity index (χ4n) is 4.16. The van der Waals surface area contributed by atoms with Crippen LogP contribution in [0.4, 0.5) is 21.9 Å². The lowest BCUT2D eigenvalue weighted by Gasteiger charge is -2.47. The topological polar surface area (TPSA) is 78.0 Å². The van der Waals surface area contributed by atoms with Crippen LogP contribution in [-0.4, -0.2) is 48.0 Å². The molecule has 0 saturated carbocycles. The molecular weight excluding hydrogens is 390 g/mol. The summed E-state index contributed by atoms with van der Waals surface area (Å²) in [5.74, 6) is 1.60. The van der Waals surface area contributed by atoms with E-state index in [1.165, 1.54) is 0 Å². The first kappa shape index (κ1) is 21.0. The van der Waals surface area contributed by atoms with Gasteiger partial charge in [-0.25, -0.2) is 4.79 Å². The number of piperidine rings is 1. The maximum Gasteiger partial charge on any atom is 0.321 e. The lowest BCUT2D eigenvalue weighted by atomic mass is 9.85. The number of amides is 2. The molecule has 2 aromatic carbocycles. The van der Waals surface area contributed by atoms with Gasteiger partial charge in [-0.2, -0.15) is 0 Å². The van der Waals surface area contributed by atoms with Gasteiger partial charge in [0.25, 0.3) is 0 Å². The van der Waals surface area contributed by atoms with Gasteiger partial charge in [-0.15, -0.1) is 0 Å². The van der Waals surface area contributed by atoms with Crippen LogP contribution < -0.4 is 20.7 Å². The quantitative estimate of drug-likeness (QED) is 0.651. The number of benzene rings is 2. The standard InChI is InChI=1S/C24H31N5O2/c1-23(2,3)28-21-24(27-20-12-6-5-11-19(20)26-21)13-8-14-29(16-24)22(30)25-17-9-7-10-18(15-17)31-4/h5-7,9-12,15,27H,8,13-14,16H2,1-4H3,(H,25,30)(H,26,28)/t24-/m1/s1. The first-order valence-corrected chi connectivity index (χ1v) is 10.7. The highest BCUT2D eigenvalue weighted by Gasteiger charge is 2.45. The van der Waals surface area contributed by atoms with Gasteiger partial charge in [-0.3, -0.25) is 4.99 Å². The van der Waals surface area contributed by atoms with E-state index in [0.29, 0.717) is 24.5 Å². The Morgan fingerprint density at radius 1 is 1.16 bits per heavy atom. The molecule has 0 aliphatic carbocycles. The average molecular weight is 422 g/mol. The molecule has 1 spiro atoms. The van der Waals surface area contributed by atoms with E-state index in [1.807, 2.05) is 47.4 Å². The van der Waals surface area contributed by atoms with Crippen LogP contribution in [-0.2, 0) is 0 Å². The van der Waals surface area contributed by atoms with Crippen molar-refractivity contribution in [1.29, 1.82) is 0 Å². The maximum absolute atomic E-state index is 13.1. The highest BCUT2D eigenvalue weighted by Crippen LogP contribution is 2.37. The summed E-state index contributed by atoms with van der Waals surface area (Å²) >= 11 is 0. The van der Waals surface area contributed by atoms with Gasteiger partial charge in [-0.1, -0.05) is 18.2 Å². The van der Waals surface area contributed by atoms with Crippen molar-refractivity contribution in [3.8, 4) is 5.75 Å². The first-order valence-electron chi connectivity index (χ1n) is 10.7. The second-order valence-corrected chi connectivity index (χ2v) is 9.20. The van der Waals surface area contributed by atoms with Crippen molar-refractivity contribution in [2.75, 3.05) is 36.1 Å². The predicted molar refractivity (Wildman–Crippen MR) is 126 cm³/mol. The lowest BCUT2D eigenvalue weighted by molar-refractivity contribution is 0.186. The number of aliphatic imine (C=N–C) groups is 1. The van der Waals surface area contributed by atoms with Crippen LogP contribution in [0.2, 0.25) is 0 Å². The summed E-state index contributed by atoms with van der Waals surface area (Å²) in [6.45, 7) is 7.49. The first-order chi connectivity index (χ1) is 14.8. The molecule has 2 aromatic rings. The molecule has 0 radical (unpaired) electrons. The molecule has 1 saturated heterocycles. The zero-order valence-corrected chi connectivity index (χ0v) is 18.7. The summed E-state index contributed by atoms with van der Waals surface area (Å²) in [4.78, 5) is 20.0. The van der Waals surface area contributed by atoms with Crippen molar-refractivity contribution in [3.05, 3.63) is 48.5 Å². The summed E-state index contributed by atoms with van der Waals surface area (Å²) in [6, 6.07) is 15.4. The molecule has 1 fully saturated rings. The predicted octanol–water partition coefficient (Wildman–Crippen LogP) is 4.80. The number of amidine groups is 1. The lowest BCUT2D eigenvalue weighted by Crippen LogP contribution is -2.63. The Hall–Kier alpha value is -3.22. The molecule has 164 valence electrons. The molecule has 31 heavy (non-hydrogen) atoms. The third-order valence-corrected chi connectivity index (χ3v) is 5.56. The Morgan fingerprint density at radius 2 is 1.94 bits per heavy atom. The minimum atomic E-state index is -0.453. The van der Waals surface area contributed by atoms with Crippen LogP contribution >= 0.6 is 0 Å². The molecule has 2 aliphatic heterocycles. The van der Waals surface area contributed by atoms with Gasteiger partial charge in [0.1, 0.15) is 17.1 Å². The van der Waals surface area contributed by atoms with Crippen LogP contribution in [0.15, 0.2) is 53.5 Å².